The first-order valence-corrected chi connectivity index (χ1v) is 25.0. The lowest BCUT2D eigenvalue weighted by Gasteiger charge is -2.44. The van der Waals surface area contributed by atoms with Crippen molar-refractivity contribution in [1.82, 2.24) is 19.9 Å². The van der Waals surface area contributed by atoms with Crippen LogP contribution in [-0.4, -0.2) is 97.2 Å². The number of aromatic nitrogens is 3. The predicted molar refractivity (Wildman–Crippen MR) is 255 cm³/mol. The fourth-order valence-corrected chi connectivity index (χ4v) is 15.7. The number of β-amino-alcohol motifs (C(OH)–C–C–N with tert-alkyl or cyclic N) is 1. The summed E-state index contributed by atoms with van der Waals surface area (Å²) in [6, 6.07) is 28.4. The molecule has 0 bridgehead atoms. The number of nitrogens with zero attached hydrogens (tertiary/aromatic N) is 5. The Morgan fingerprint density at radius 3 is 2.29 bits per heavy atom. The minimum Gasteiger partial charge on any atom is -0.468 e. The number of hydrogen-bond acceptors (Lipinski definition) is 10. The number of rotatable bonds is 14. The third-order valence-electron chi connectivity index (χ3n) is 14.1. The van der Waals surface area contributed by atoms with Gasteiger partial charge >= 0.3 is 6.01 Å². The highest BCUT2D eigenvalue weighted by Crippen LogP contribution is 2.45. The van der Waals surface area contributed by atoms with Crippen LogP contribution in [0.1, 0.15) is 78.7 Å². The predicted octanol–water partition coefficient (Wildman–Crippen LogP) is 8.97. The molecule has 0 radical (unpaired) electrons. The van der Waals surface area contributed by atoms with Crippen LogP contribution in [0.15, 0.2) is 91.1 Å². The normalized spacial score (nSPS) is 21.6. The number of benzene rings is 4. The SMILES string of the molecule is CCc1c(F)ccc2cc(OCOC)cc(-c3ncc4c(N5CCC[C@@](C)(O)C5)nc(OC[C@]56CCCN5[C@@H](CO[Si](c5ccccc5)(c5ccccc5)C(C)(C)C)CC6)nc4c3F)c12. The fraction of sp³-hybridized carbons (Fsp3) is 0.442. The fourth-order valence-electron chi connectivity index (χ4n) is 11.1. The molecule has 3 atom stereocenters. The van der Waals surface area contributed by atoms with E-state index in [9.17, 15) is 5.11 Å². The Hall–Kier alpha value is -5.05. The van der Waals surface area contributed by atoms with Gasteiger partial charge in [0.15, 0.2) is 12.6 Å². The summed E-state index contributed by atoms with van der Waals surface area (Å²) >= 11 is 0. The van der Waals surface area contributed by atoms with E-state index in [1.165, 1.54) is 23.5 Å². The molecular formula is C52H61F2N5O5Si. The topological polar surface area (TPSA) is 102 Å². The maximum Gasteiger partial charge on any atom is 0.319 e. The Balaban J connectivity index is 1.07. The van der Waals surface area contributed by atoms with E-state index in [1.54, 1.807) is 24.4 Å². The molecule has 4 aromatic carbocycles. The van der Waals surface area contributed by atoms with Gasteiger partial charge in [-0.1, -0.05) is 94.4 Å². The van der Waals surface area contributed by atoms with E-state index in [0.29, 0.717) is 78.0 Å². The summed E-state index contributed by atoms with van der Waals surface area (Å²) in [5, 5.41) is 15.2. The number of methoxy groups -OCH3 is 1. The van der Waals surface area contributed by atoms with Crippen molar-refractivity contribution in [2.75, 3.05) is 51.7 Å². The lowest BCUT2D eigenvalue weighted by atomic mass is 9.94. The smallest absolute Gasteiger partial charge is 0.319 e. The molecule has 3 saturated heterocycles. The van der Waals surface area contributed by atoms with Gasteiger partial charge in [-0.3, -0.25) is 9.88 Å². The summed E-state index contributed by atoms with van der Waals surface area (Å²) in [6.07, 6.45) is 7.18. The quantitative estimate of drug-likeness (QED) is 0.0843. The van der Waals surface area contributed by atoms with E-state index in [1.807, 2.05) is 18.7 Å². The van der Waals surface area contributed by atoms with Crippen LogP contribution in [0.5, 0.6) is 11.8 Å². The van der Waals surface area contributed by atoms with E-state index in [-0.39, 0.29) is 46.5 Å². The third-order valence-corrected chi connectivity index (χ3v) is 19.1. The average molecular weight is 902 g/mol. The second kappa shape index (κ2) is 18.0. The van der Waals surface area contributed by atoms with Crippen molar-refractivity contribution in [2.24, 2.45) is 0 Å². The summed E-state index contributed by atoms with van der Waals surface area (Å²) in [4.78, 5) is 19.1. The van der Waals surface area contributed by atoms with Gasteiger partial charge in [-0.05, 0) is 108 Å². The number of hydrogen-bond donors (Lipinski definition) is 1. The first kappa shape index (κ1) is 45.1. The molecule has 0 aliphatic carbocycles. The van der Waals surface area contributed by atoms with Gasteiger partial charge in [0.2, 0.25) is 0 Å². The summed E-state index contributed by atoms with van der Waals surface area (Å²) in [7, 11) is -1.23. The van der Waals surface area contributed by atoms with Crippen molar-refractivity contribution in [3.05, 3.63) is 108 Å². The van der Waals surface area contributed by atoms with Gasteiger partial charge in [0.1, 0.15) is 35.2 Å². The molecule has 13 heteroatoms. The Morgan fingerprint density at radius 1 is 0.892 bits per heavy atom. The van der Waals surface area contributed by atoms with E-state index >= 15 is 8.78 Å². The number of anilines is 1. The van der Waals surface area contributed by atoms with Crippen LogP contribution in [-0.2, 0) is 15.6 Å². The second-order valence-electron chi connectivity index (χ2n) is 19.5. The van der Waals surface area contributed by atoms with Gasteiger partial charge in [0.25, 0.3) is 8.32 Å². The maximum absolute atomic E-state index is 17.5. The van der Waals surface area contributed by atoms with Gasteiger partial charge in [-0.25, -0.2) is 8.78 Å². The van der Waals surface area contributed by atoms with Crippen molar-refractivity contribution in [3.63, 3.8) is 0 Å². The van der Waals surface area contributed by atoms with Gasteiger partial charge in [0.05, 0.1) is 23.1 Å². The molecular weight excluding hydrogens is 841 g/mol. The number of ether oxygens (including phenoxy) is 3. The van der Waals surface area contributed by atoms with Gasteiger partial charge in [0, 0.05) is 38.0 Å². The first-order chi connectivity index (χ1) is 31.3. The highest BCUT2D eigenvalue weighted by Gasteiger charge is 2.54. The maximum atomic E-state index is 17.5. The van der Waals surface area contributed by atoms with Crippen LogP contribution in [0.4, 0.5) is 14.6 Å². The van der Waals surface area contributed by atoms with Crippen molar-refractivity contribution in [1.29, 1.82) is 0 Å². The molecule has 1 N–H and O–H groups in total. The Labute approximate surface area is 382 Å². The highest BCUT2D eigenvalue weighted by atomic mass is 28.4. The molecule has 3 aliphatic rings. The molecule has 0 spiro atoms. The lowest BCUT2D eigenvalue weighted by Crippen LogP contribution is -2.67. The summed E-state index contributed by atoms with van der Waals surface area (Å²) < 4.78 is 58.2. The van der Waals surface area contributed by atoms with E-state index in [2.05, 4.69) is 86.3 Å². The Kier molecular flexibility index (Phi) is 12.5. The van der Waals surface area contributed by atoms with Crippen molar-refractivity contribution < 1.29 is 32.5 Å². The molecule has 0 unspecified atom stereocenters. The number of halogens is 2. The van der Waals surface area contributed by atoms with Crippen LogP contribution in [0.2, 0.25) is 5.04 Å². The molecule has 65 heavy (non-hydrogen) atoms. The van der Waals surface area contributed by atoms with Crippen LogP contribution < -0.4 is 24.7 Å². The van der Waals surface area contributed by atoms with Crippen LogP contribution in [0, 0.1) is 11.6 Å². The zero-order valence-corrected chi connectivity index (χ0v) is 39.5. The molecule has 5 heterocycles. The van der Waals surface area contributed by atoms with Gasteiger partial charge < -0.3 is 28.6 Å². The number of pyridine rings is 1. The molecule has 3 fully saturated rings. The summed E-state index contributed by atoms with van der Waals surface area (Å²) in [5.74, 6) is -0.179. The molecule has 342 valence electrons. The highest BCUT2D eigenvalue weighted by molar-refractivity contribution is 6.99. The summed E-state index contributed by atoms with van der Waals surface area (Å²) in [5.41, 5.74) is -0.361. The van der Waals surface area contributed by atoms with Crippen molar-refractivity contribution >= 4 is 46.2 Å². The van der Waals surface area contributed by atoms with Crippen molar-refractivity contribution in [3.8, 4) is 23.0 Å². The standard InChI is InChI=1S/C52H61F2N5O5Si/c1-7-40-43(53)21-20-35-28-37(63-34-61-6)29-41(44(35)40)46-45(54)47-42(30-55-46)48(58-26-14-23-51(5,60)32-58)57-49(56-47)62-33-52-24-15-27-59(52)36(22-25-52)31-64-65(50(2,3)4,38-16-10-8-11-17-38)39-18-12-9-13-19-39/h8-13,16-21,28-30,36,60H,7,14-15,22-27,31-34H2,1-6H3/t36-,51-,52-/m1/s1. The zero-order valence-electron chi connectivity index (χ0n) is 38.5. The minimum atomic E-state index is -2.76. The molecule has 0 saturated carbocycles. The number of aliphatic hydroxyl groups is 1. The Bertz CT molecular complexity index is 2630. The molecule has 9 rings (SSSR count). The van der Waals surface area contributed by atoms with E-state index in [0.717, 1.165) is 38.6 Å². The van der Waals surface area contributed by atoms with E-state index < -0.39 is 19.7 Å². The average Bonchev–Trinajstić information content (AvgIpc) is 3.87. The van der Waals surface area contributed by atoms with Gasteiger partial charge in [-0.2, -0.15) is 9.97 Å². The van der Waals surface area contributed by atoms with Gasteiger partial charge in [-0.15, -0.1) is 0 Å². The largest absolute Gasteiger partial charge is 0.468 e. The zero-order chi connectivity index (χ0) is 45.6. The van der Waals surface area contributed by atoms with Crippen LogP contribution >= 0.6 is 0 Å². The number of aryl methyl sites for hydroxylation is 1. The first-order valence-electron chi connectivity index (χ1n) is 23.1. The van der Waals surface area contributed by atoms with Crippen LogP contribution in [0.3, 0.4) is 0 Å². The molecule has 6 aromatic rings. The minimum absolute atomic E-state index is 0.00647. The monoisotopic (exact) mass is 901 g/mol. The molecule has 0 amide bonds. The van der Waals surface area contributed by atoms with E-state index in [4.69, 9.17) is 33.6 Å². The molecule has 3 aliphatic heterocycles. The Morgan fingerprint density at radius 2 is 1.62 bits per heavy atom. The molecule has 10 nitrogen and oxygen atoms in total. The third kappa shape index (κ3) is 8.39. The number of fused-ring (bicyclic) bond motifs is 3. The second-order valence-corrected chi connectivity index (χ2v) is 23.8. The summed E-state index contributed by atoms with van der Waals surface area (Å²) in [6.45, 7) is 13.4. The number of piperidine rings is 1. The molecule has 2 aromatic heterocycles. The van der Waals surface area contributed by atoms with Crippen molar-refractivity contribution in [2.45, 2.75) is 102 Å². The van der Waals surface area contributed by atoms with Crippen LogP contribution in [0.25, 0.3) is 32.9 Å². The lowest BCUT2D eigenvalue weighted by molar-refractivity contribution is 0.0446.